The quantitative estimate of drug-likeness (QED) is 0.328. The first-order valence-electron chi connectivity index (χ1n) is 3.71. The number of hydrogen-bond acceptors (Lipinski definition) is 5. The van der Waals surface area contributed by atoms with Crippen LogP contribution in [0.3, 0.4) is 0 Å². The van der Waals surface area contributed by atoms with Gasteiger partial charge in [0.05, 0.1) is 13.2 Å². The number of hydrogen-bond donors (Lipinski definition) is 1. The largest absolute Gasteiger partial charge is 0.461 e. The van der Waals surface area contributed by atoms with Gasteiger partial charge >= 0.3 is 5.97 Å². The van der Waals surface area contributed by atoms with E-state index in [9.17, 15) is 4.79 Å². The molecule has 1 aliphatic rings. The molecule has 0 saturated carbocycles. The van der Waals surface area contributed by atoms with Gasteiger partial charge in [-0.25, -0.2) is 4.79 Å². The lowest BCUT2D eigenvalue weighted by atomic mass is 10.3. The van der Waals surface area contributed by atoms with E-state index in [4.69, 9.17) is 14.6 Å². The van der Waals surface area contributed by atoms with E-state index in [2.05, 4.69) is 4.74 Å². The van der Waals surface area contributed by atoms with Crippen molar-refractivity contribution in [2.24, 2.45) is 0 Å². The van der Waals surface area contributed by atoms with Gasteiger partial charge in [-0.15, -0.1) is 0 Å². The fraction of sp³-hybridized carbons (Fsp3) is 0.857. The molecule has 2 unspecified atom stereocenters. The molecular formula is C7H12O5. The second-order valence-electron chi connectivity index (χ2n) is 2.44. The Hall–Kier alpha value is -0.650. The number of ether oxygens (including phenoxy) is 3. The van der Waals surface area contributed by atoms with Gasteiger partial charge in [0.15, 0.2) is 6.10 Å². The van der Waals surface area contributed by atoms with E-state index in [0.717, 1.165) is 0 Å². The molecule has 1 heterocycles. The molecule has 1 aliphatic heterocycles. The summed E-state index contributed by atoms with van der Waals surface area (Å²) >= 11 is 0. The highest BCUT2D eigenvalue weighted by Gasteiger charge is 2.45. The molecule has 0 aromatic heterocycles. The third kappa shape index (κ3) is 2.44. The van der Waals surface area contributed by atoms with Crippen LogP contribution in [-0.4, -0.2) is 50.2 Å². The Morgan fingerprint density at radius 3 is 2.83 bits per heavy atom. The monoisotopic (exact) mass is 176 g/mol. The molecule has 0 bridgehead atoms. The summed E-state index contributed by atoms with van der Waals surface area (Å²) in [6, 6.07) is 0. The van der Waals surface area contributed by atoms with Gasteiger partial charge in [0.2, 0.25) is 0 Å². The van der Waals surface area contributed by atoms with Gasteiger partial charge in [-0.1, -0.05) is 0 Å². The van der Waals surface area contributed by atoms with Crippen LogP contribution in [0.5, 0.6) is 0 Å². The van der Waals surface area contributed by atoms with Crippen LogP contribution in [0.2, 0.25) is 0 Å². The van der Waals surface area contributed by atoms with E-state index in [-0.39, 0.29) is 19.3 Å². The molecule has 1 fully saturated rings. The standard InChI is InChI=1S/C7H12O5/c1-10-2-3-11-7(9)6-5(4-8)12-6/h5-6,8H,2-4H2,1H3. The minimum absolute atomic E-state index is 0.135. The first-order valence-corrected chi connectivity index (χ1v) is 3.71. The average molecular weight is 176 g/mol. The number of aliphatic hydroxyl groups is 1. The van der Waals surface area contributed by atoms with Gasteiger partial charge in [0.25, 0.3) is 0 Å². The van der Waals surface area contributed by atoms with Crippen molar-refractivity contribution in [1.29, 1.82) is 0 Å². The van der Waals surface area contributed by atoms with Gasteiger partial charge in [-0.05, 0) is 0 Å². The van der Waals surface area contributed by atoms with Crippen LogP contribution in [0, 0.1) is 0 Å². The molecule has 1 N–H and O–H groups in total. The molecule has 5 nitrogen and oxygen atoms in total. The molecule has 0 aromatic rings. The first-order chi connectivity index (χ1) is 5.79. The number of carbonyl (C=O) groups is 1. The molecule has 0 aliphatic carbocycles. The molecule has 2 atom stereocenters. The Labute approximate surface area is 70.2 Å². The van der Waals surface area contributed by atoms with Gasteiger partial charge in [0, 0.05) is 7.11 Å². The van der Waals surface area contributed by atoms with Crippen LogP contribution in [0.15, 0.2) is 0 Å². The van der Waals surface area contributed by atoms with Crippen molar-refractivity contribution in [1.82, 2.24) is 0 Å². The predicted molar refractivity (Wildman–Crippen MR) is 38.6 cm³/mol. The van der Waals surface area contributed by atoms with Crippen LogP contribution >= 0.6 is 0 Å². The van der Waals surface area contributed by atoms with Crippen molar-refractivity contribution in [3.05, 3.63) is 0 Å². The van der Waals surface area contributed by atoms with Crippen molar-refractivity contribution in [3.8, 4) is 0 Å². The Balaban J connectivity index is 2.05. The summed E-state index contributed by atoms with van der Waals surface area (Å²) in [5.41, 5.74) is 0. The summed E-state index contributed by atoms with van der Waals surface area (Å²) in [6.45, 7) is 0.472. The molecule has 70 valence electrons. The van der Waals surface area contributed by atoms with Gasteiger partial charge < -0.3 is 19.3 Å². The van der Waals surface area contributed by atoms with Gasteiger partial charge in [-0.3, -0.25) is 0 Å². The topological polar surface area (TPSA) is 68.3 Å². The highest BCUT2D eigenvalue weighted by molar-refractivity contribution is 5.77. The second kappa shape index (κ2) is 4.39. The van der Waals surface area contributed by atoms with E-state index in [1.807, 2.05) is 0 Å². The van der Waals surface area contributed by atoms with Crippen LogP contribution < -0.4 is 0 Å². The zero-order valence-electron chi connectivity index (χ0n) is 6.86. The summed E-state index contributed by atoms with van der Waals surface area (Å²) in [5, 5.41) is 8.54. The minimum atomic E-state index is -0.563. The maximum absolute atomic E-state index is 10.9. The van der Waals surface area contributed by atoms with E-state index in [0.29, 0.717) is 6.61 Å². The molecule has 0 radical (unpaired) electrons. The predicted octanol–water partition coefficient (Wildman–Crippen LogP) is -1.06. The third-order valence-electron chi connectivity index (χ3n) is 1.53. The van der Waals surface area contributed by atoms with Crippen molar-refractivity contribution >= 4 is 5.97 Å². The van der Waals surface area contributed by atoms with Crippen LogP contribution in [0.25, 0.3) is 0 Å². The van der Waals surface area contributed by atoms with Gasteiger partial charge in [-0.2, -0.15) is 0 Å². The molecule has 0 aromatic carbocycles. The SMILES string of the molecule is COCCOC(=O)C1OC1CO. The lowest BCUT2D eigenvalue weighted by Gasteiger charge is -2.00. The Bertz CT molecular complexity index is 158. The smallest absolute Gasteiger partial charge is 0.338 e. The fourth-order valence-electron chi connectivity index (χ4n) is 0.797. The Morgan fingerprint density at radius 1 is 1.58 bits per heavy atom. The normalized spacial score (nSPS) is 26.8. The average Bonchev–Trinajstić information content (AvgIpc) is 2.83. The van der Waals surface area contributed by atoms with E-state index < -0.39 is 12.1 Å². The number of carbonyl (C=O) groups excluding carboxylic acids is 1. The van der Waals surface area contributed by atoms with Crippen molar-refractivity contribution in [3.63, 3.8) is 0 Å². The molecule has 5 heteroatoms. The lowest BCUT2D eigenvalue weighted by molar-refractivity contribution is -0.146. The highest BCUT2D eigenvalue weighted by Crippen LogP contribution is 2.22. The summed E-state index contributed by atoms with van der Waals surface area (Å²) in [4.78, 5) is 10.9. The van der Waals surface area contributed by atoms with E-state index in [1.54, 1.807) is 0 Å². The molecule has 1 saturated heterocycles. The van der Waals surface area contributed by atoms with Crippen LogP contribution in [0.1, 0.15) is 0 Å². The Morgan fingerprint density at radius 2 is 2.33 bits per heavy atom. The van der Waals surface area contributed by atoms with Crippen molar-refractivity contribution in [2.45, 2.75) is 12.2 Å². The number of rotatable bonds is 5. The van der Waals surface area contributed by atoms with E-state index in [1.165, 1.54) is 7.11 Å². The fourth-order valence-corrected chi connectivity index (χ4v) is 0.797. The first kappa shape index (κ1) is 9.44. The minimum Gasteiger partial charge on any atom is -0.461 e. The zero-order chi connectivity index (χ0) is 8.97. The molecular weight excluding hydrogens is 164 g/mol. The Kier molecular flexibility index (Phi) is 3.46. The zero-order valence-corrected chi connectivity index (χ0v) is 6.86. The van der Waals surface area contributed by atoms with E-state index >= 15 is 0 Å². The number of epoxide rings is 1. The molecule has 12 heavy (non-hydrogen) atoms. The maximum atomic E-state index is 10.9. The van der Waals surface area contributed by atoms with Crippen molar-refractivity contribution < 1.29 is 24.1 Å². The van der Waals surface area contributed by atoms with Gasteiger partial charge in [0.1, 0.15) is 12.7 Å². The number of aliphatic hydroxyl groups excluding tert-OH is 1. The van der Waals surface area contributed by atoms with Crippen molar-refractivity contribution in [2.75, 3.05) is 26.9 Å². The third-order valence-corrected chi connectivity index (χ3v) is 1.53. The highest BCUT2D eigenvalue weighted by atomic mass is 16.6. The maximum Gasteiger partial charge on any atom is 0.338 e. The summed E-state index contributed by atoms with van der Waals surface area (Å²) in [6.07, 6.45) is -0.924. The summed E-state index contributed by atoms with van der Waals surface area (Å²) in [7, 11) is 1.53. The van der Waals surface area contributed by atoms with Crippen LogP contribution in [-0.2, 0) is 19.0 Å². The molecule has 0 spiro atoms. The summed E-state index contributed by atoms with van der Waals surface area (Å²) in [5.74, 6) is -0.425. The summed E-state index contributed by atoms with van der Waals surface area (Å²) < 4.78 is 14.2. The molecule has 1 rings (SSSR count). The molecule has 0 amide bonds. The second-order valence-corrected chi connectivity index (χ2v) is 2.44. The number of methoxy groups -OCH3 is 1. The van der Waals surface area contributed by atoms with Crippen LogP contribution in [0.4, 0.5) is 0 Å². The number of esters is 1. The lowest BCUT2D eigenvalue weighted by Crippen LogP contribution is -2.17.